The van der Waals surface area contributed by atoms with Crippen molar-refractivity contribution < 1.29 is 53.4 Å². The number of Topliss-reactive ketones (excluding diaryl/α,β-unsaturated/α-hetero) is 1. The van der Waals surface area contributed by atoms with Crippen LogP contribution in [-0.2, 0) is 33.3 Å². The van der Waals surface area contributed by atoms with E-state index in [-0.39, 0.29) is 41.8 Å². The quantitative estimate of drug-likeness (QED) is 0.156. The van der Waals surface area contributed by atoms with Crippen molar-refractivity contribution in [2.75, 3.05) is 14.1 Å². The third kappa shape index (κ3) is 7.83. The molecule has 0 aromatic rings. The molecule has 13 heteroatoms. The molecule has 336 valence electrons. The Morgan fingerprint density at radius 1 is 0.915 bits per heavy atom. The third-order valence-corrected chi connectivity index (χ3v) is 16.4. The molecular formula is C46H76N2O11. The average Bonchev–Trinajstić information content (AvgIpc) is 3.64. The maximum absolute atomic E-state index is 14.8. The van der Waals surface area contributed by atoms with Gasteiger partial charge in [0.15, 0.2) is 11.6 Å². The molecule has 5 fully saturated rings. The van der Waals surface area contributed by atoms with Crippen LogP contribution in [0.25, 0.3) is 0 Å². The summed E-state index contributed by atoms with van der Waals surface area (Å²) in [6, 6.07) is -0.939. The van der Waals surface area contributed by atoms with Crippen LogP contribution in [0, 0.1) is 40.9 Å². The first-order valence-electron chi connectivity index (χ1n) is 22.8. The summed E-state index contributed by atoms with van der Waals surface area (Å²) in [6.45, 7) is 19.9. The van der Waals surface area contributed by atoms with Crippen LogP contribution in [0.1, 0.15) is 140 Å². The number of urea groups is 1. The molecule has 4 saturated heterocycles. The number of nitrogens with zero attached hydrogens (tertiary/aromatic N) is 1. The van der Waals surface area contributed by atoms with Crippen molar-refractivity contribution in [3.63, 3.8) is 0 Å². The Hall–Kier alpha value is -2.13. The van der Waals surface area contributed by atoms with E-state index in [9.17, 15) is 29.7 Å². The summed E-state index contributed by atoms with van der Waals surface area (Å²) < 4.78 is 34.7. The van der Waals surface area contributed by atoms with Crippen molar-refractivity contribution in [1.29, 1.82) is 0 Å². The summed E-state index contributed by atoms with van der Waals surface area (Å²) in [5.74, 6) is -5.45. The molecule has 0 bridgehead atoms. The van der Waals surface area contributed by atoms with Gasteiger partial charge in [-0.15, -0.1) is 0 Å². The number of ketones is 1. The van der Waals surface area contributed by atoms with E-state index < -0.39 is 81.9 Å². The Kier molecular flexibility index (Phi) is 13.0. The zero-order chi connectivity index (χ0) is 43.7. The van der Waals surface area contributed by atoms with Gasteiger partial charge in [-0.25, -0.2) is 4.79 Å². The minimum atomic E-state index is -1.31. The van der Waals surface area contributed by atoms with Crippen molar-refractivity contribution in [2.24, 2.45) is 40.9 Å². The topological polar surface area (TPSA) is 173 Å². The Morgan fingerprint density at radius 2 is 1.59 bits per heavy atom. The SMILES string of the molecule is CCC(C(=O)[C@@H](C)[C@@H](O)C1(C)C[C@]12O[C@@H]([C@@H](CC)C(=O)O)CC[C@@H]2C)[C@H]1O[C@]2(C=C[C@@H](NC(=O)N(C)C)[C@]3(CC[C@@](C)([C@H]4CC[C@](O)(CC)[C@H](C)O4)O3)O2)[C@H](C)C[C@@H]1C. The number of amides is 2. The van der Waals surface area contributed by atoms with Crippen LogP contribution >= 0.6 is 0 Å². The molecule has 4 N–H and O–H groups in total. The molecule has 0 aromatic heterocycles. The zero-order valence-corrected chi connectivity index (χ0v) is 37.9. The Balaban J connectivity index is 1.24. The van der Waals surface area contributed by atoms with E-state index in [2.05, 4.69) is 26.1 Å². The first-order valence-corrected chi connectivity index (χ1v) is 22.8. The normalized spacial score (nSPS) is 46.5. The number of aliphatic hydroxyl groups excluding tert-OH is 1. The highest BCUT2D eigenvalue weighted by atomic mass is 16.8. The largest absolute Gasteiger partial charge is 0.481 e. The predicted octanol–water partition coefficient (Wildman–Crippen LogP) is 6.61. The number of aliphatic carboxylic acids is 1. The van der Waals surface area contributed by atoms with Gasteiger partial charge in [-0.05, 0) is 96.0 Å². The lowest BCUT2D eigenvalue weighted by molar-refractivity contribution is -0.397. The highest BCUT2D eigenvalue weighted by molar-refractivity contribution is 5.84. The van der Waals surface area contributed by atoms with Gasteiger partial charge in [-0.3, -0.25) is 9.59 Å². The van der Waals surface area contributed by atoms with Crippen molar-refractivity contribution in [1.82, 2.24) is 10.2 Å². The fourth-order valence-corrected chi connectivity index (χ4v) is 12.0. The number of nitrogens with one attached hydrogen (secondary N) is 1. The maximum atomic E-state index is 14.8. The monoisotopic (exact) mass is 833 g/mol. The van der Waals surface area contributed by atoms with Gasteiger partial charge in [0.05, 0.1) is 53.2 Å². The Labute approximate surface area is 352 Å². The van der Waals surface area contributed by atoms with E-state index in [1.54, 1.807) is 14.1 Å². The van der Waals surface area contributed by atoms with E-state index in [1.165, 1.54) is 4.90 Å². The molecule has 6 rings (SSSR count). The number of rotatable bonds is 12. The summed E-state index contributed by atoms with van der Waals surface area (Å²) in [4.78, 5) is 41.5. The third-order valence-electron chi connectivity index (χ3n) is 16.4. The van der Waals surface area contributed by atoms with Gasteiger partial charge in [0.2, 0.25) is 0 Å². The molecule has 3 spiro atoms. The first kappa shape index (κ1) is 46.4. The lowest BCUT2D eigenvalue weighted by Gasteiger charge is -2.55. The lowest BCUT2D eigenvalue weighted by atomic mass is 9.72. The predicted molar refractivity (Wildman–Crippen MR) is 221 cm³/mol. The average molecular weight is 833 g/mol. The molecular weight excluding hydrogens is 757 g/mol. The van der Waals surface area contributed by atoms with Crippen LogP contribution in [-0.4, -0.2) is 117 Å². The molecule has 6 aliphatic rings. The standard InChI is InChI=1S/C46H76N2O11/c1-13-31(39(51)52)33-17-16-27(5)44(56-33)25-41(44,9)38(50)29(7)36(49)32(14-2)37-26(4)24-28(6)45(57-37)21-18-34(47-40(53)48(11)12)46(59-45)23-22-42(10,58-46)35-19-20-43(54,15-3)30(8)55-35/h18,21,26-35,37-38,50,54H,13-17,19-20,22-25H2,1-12H3,(H,47,53)(H,51,52)/t26-,27-,28+,29+,30-,31+,32?,33+,34+,35+,37-,38+,41?,42-,43+,44+,45-,46-/m0/s1. The van der Waals surface area contributed by atoms with Gasteiger partial charge in [-0.1, -0.05) is 61.5 Å². The summed E-state index contributed by atoms with van der Waals surface area (Å²) in [7, 11) is 3.37. The number of ether oxygens (including phenoxy) is 5. The zero-order valence-electron chi connectivity index (χ0n) is 37.9. The van der Waals surface area contributed by atoms with E-state index in [4.69, 9.17) is 23.7 Å². The summed E-state index contributed by atoms with van der Waals surface area (Å²) in [5.41, 5.74) is -3.08. The van der Waals surface area contributed by atoms with Gasteiger partial charge in [-0.2, -0.15) is 0 Å². The summed E-state index contributed by atoms with van der Waals surface area (Å²) in [5, 5.41) is 36.3. The minimum Gasteiger partial charge on any atom is -0.481 e. The van der Waals surface area contributed by atoms with E-state index in [0.717, 1.165) is 6.42 Å². The molecule has 5 heterocycles. The minimum absolute atomic E-state index is 0.00973. The number of carboxylic acid groups (broad SMARTS) is 1. The highest BCUT2D eigenvalue weighted by Gasteiger charge is 2.74. The van der Waals surface area contributed by atoms with Crippen molar-refractivity contribution in [3.8, 4) is 0 Å². The number of hydrogen-bond acceptors (Lipinski definition) is 10. The molecule has 1 aliphatic carbocycles. The molecule has 0 aromatic carbocycles. The van der Waals surface area contributed by atoms with Crippen LogP contribution in [0.2, 0.25) is 0 Å². The molecule has 0 radical (unpaired) electrons. The van der Waals surface area contributed by atoms with E-state index in [1.807, 2.05) is 60.6 Å². The number of carboxylic acids is 1. The van der Waals surface area contributed by atoms with Crippen LogP contribution < -0.4 is 5.32 Å². The van der Waals surface area contributed by atoms with Gasteiger partial charge in [0.25, 0.3) is 0 Å². The highest BCUT2D eigenvalue weighted by Crippen LogP contribution is 2.68. The van der Waals surface area contributed by atoms with Crippen LogP contribution in [0.3, 0.4) is 0 Å². The van der Waals surface area contributed by atoms with Crippen molar-refractivity contribution in [2.45, 2.75) is 205 Å². The van der Waals surface area contributed by atoms with Crippen molar-refractivity contribution >= 4 is 17.8 Å². The molecule has 13 nitrogen and oxygen atoms in total. The summed E-state index contributed by atoms with van der Waals surface area (Å²) >= 11 is 0. The molecule has 2 unspecified atom stereocenters. The molecule has 18 atom stereocenters. The molecule has 59 heavy (non-hydrogen) atoms. The van der Waals surface area contributed by atoms with Gasteiger partial charge >= 0.3 is 12.0 Å². The van der Waals surface area contributed by atoms with Crippen LogP contribution in [0.15, 0.2) is 12.2 Å². The number of aliphatic hydroxyl groups is 2. The number of hydrogen-bond donors (Lipinski definition) is 4. The number of carbonyl (C=O) groups is 3. The molecule has 5 aliphatic heterocycles. The first-order chi connectivity index (χ1) is 27.5. The second kappa shape index (κ2) is 16.5. The fourth-order valence-electron chi connectivity index (χ4n) is 12.0. The second-order valence-electron chi connectivity index (χ2n) is 20.3. The van der Waals surface area contributed by atoms with E-state index >= 15 is 0 Å². The van der Waals surface area contributed by atoms with Crippen LogP contribution in [0.5, 0.6) is 0 Å². The summed E-state index contributed by atoms with van der Waals surface area (Å²) in [6.07, 6.45) is 7.67. The lowest BCUT2D eigenvalue weighted by Crippen LogP contribution is -2.66. The van der Waals surface area contributed by atoms with Crippen LogP contribution in [0.4, 0.5) is 4.79 Å². The van der Waals surface area contributed by atoms with E-state index in [0.29, 0.717) is 64.2 Å². The van der Waals surface area contributed by atoms with Gasteiger partial charge < -0.3 is 49.2 Å². The van der Waals surface area contributed by atoms with Gasteiger partial charge in [0, 0.05) is 43.7 Å². The second-order valence-corrected chi connectivity index (χ2v) is 20.3. The van der Waals surface area contributed by atoms with Crippen molar-refractivity contribution in [3.05, 3.63) is 12.2 Å². The fraction of sp³-hybridized carbons (Fsp3) is 0.891. The van der Waals surface area contributed by atoms with Gasteiger partial charge in [0.1, 0.15) is 11.8 Å². The molecule has 2 amide bonds. The smallest absolute Gasteiger partial charge is 0.317 e. The maximum Gasteiger partial charge on any atom is 0.317 e. The Morgan fingerprint density at radius 3 is 2.19 bits per heavy atom. The molecule has 1 saturated carbocycles. The number of carbonyl (C=O) groups excluding carboxylic acids is 2. The Bertz CT molecular complexity index is 1610.